The minimum absolute atomic E-state index is 0.0866. The lowest BCUT2D eigenvalue weighted by Crippen LogP contribution is -2.55. The Morgan fingerprint density at radius 1 is 1.44 bits per heavy atom. The van der Waals surface area contributed by atoms with E-state index in [9.17, 15) is 4.79 Å². The molecule has 0 aromatic rings. The first kappa shape index (κ1) is 15.4. The molecule has 0 aromatic heterocycles. The molecule has 18 heavy (non-hydrogen) atoms. The summed E-state index contributed by atoms with van der Waals surface area (Å²) in [6.45, 7) is 7.75. The van der Waals surface area contributed by atoms with Crippen molar-refractivity contribution in [1.29, 1.82) is 0 Å². The van der Waals surface area contributed by atoms with E-state index in [1.165, 1.54) is 0 Å². The third kappa shape index (κ3) is 5.33. The van der Waals surface area contributed by atoms with Crippen LogP contribution in [0.15, 0.2) is 0 Å². The molecule has 1 heterocycles. The van der Waals surface area contributed by atoms with Crippen molar-refractivity contribution < 1.29 is 9.53 Å². The molecular weight excluding hydrogens is 230 g/mol. The van der Waals surface area contributed by atoms with E-state index in [1.54, 1.807) is 0 Å². The lowest BCUT2D eigenvalue weighted by atomic mass is 10.1. The highest BCUT2D eigenvalue weighted by atomic mass is 16.5. The van der Waals surface area contributed by atoms with Gasteiger partial charge in [0.1, 0.15) is 6.04 Å². The molecule has 1 fully saturated rings. The van der Waals surface area contributed by atoms with Crippen LogP contribution in [0.5, 0.6) is 0 Å². The Labute approximate surface area is 110 Å². The largest absolute Gasteiger partial charge is 0.378 e. The number of hydrogen-bond acceptors (Lipinski definition) is 4. The number of nitrogens with two attached hydrogens (primary N) is 1. The SMILES string of the molecule is CC(C)NC(=O)C1COCCN1CCCCCN. The van der Waals surface area contributed by atoms with Gasteiger partial charge >= 0.3 is 0 Å². The average molecular weight is 257 g/mol. The molecule has 1 saturated heterocycles. The number of ether oxygens (including phenoxy) is 1. The Bertz CT molecular complexity index is 246. The quantitative estimate of drug-likeness (QED) is 0.645. The summed E-state index contributed by atoms with van der Waals surface area (Å²) in [6.07, 6.45) is 3.29. The number of amides is 1. The Hall–Kier alpha value is -0.650. The molecule has 1 aliphatic rings. The van der Waals surface area contributed by atoms with Gasteiger partial charge in [-0.25, -0.2) is 0 Å². The summed E-state index contributed by atoms with van der Waals surface area (Å²) >= 11 is 0. The van der Waals surface area contributed by atoms with Crippen molar-refractivity contribution in [2.24, 2.45) is 5.73 Å². The highest BCUT2D eigenvalue weighted by Gasteiger charge is 2.28. The molecule has 106 valence electrons. The Morgan fingerprint density at radius 2 is 2.22 bits per heavy atom. The first-order valence-electron chi connectivity index (χ1n) is 6.97. The predicted molar refractivity (Wildman–Crippen MR) is 72.4 cm³/mol. The van der Waals surface area contributed by atoms with Gasteiger partial charge in [0.15, 0.2) is 0 Å². The van der Waals surface area contributed by atoms with Crippen molar-refractivity contribution >= 4 is 5.91 Å². The Morgan fingerprint density at radius 3 is 2.89 bits per heavy atom. The predicted octanol–water partition coefficient (Wildman–Crippen LogP) is 0.341. The maximum absolute atomic E-state index is 12.1. The van der Waals surface area contributed by atoms with E-state index in [-0.39, 0.29) is 18.0 Å². The molecule has 1 atom stereocenters. The number of carbonyl (C=O) groups is 1. The van der Waals surface area contributed by atoms with Crippen LogP contribution in [-0.2, 0) is 9.53 Å². The van der Waals surface area contributed by atoms with Crippen molar-refractivity contribution in [3.05, 3.63) is 0 Å². The molecule has 3 N–H and O–H groups in total. The lowest BCUT2D eigenvalue weighted by molar-refractivity contribution is -0.133. The van der Waals surface area contributed by atoms with Gasteiger partial charge in [0.05, 0.1) is 13.2 Å². The maximum atomic E-state index is 12.1. The van der Waals surface area contributed by atoms with E-state index < -0.39 is 0 Å². The number of carbonyl (C=O) groups excluding carboxylic acids is 1. The van der Waals surface area contributed by atoms with Crippen LogP contribution in [0.4, 0.5) is 0 Å². The van der Waals surface area contributed by atoms with Crippen LogP contribution in [0.1, 0.15) is 33.1 Å². The van der Waals surface area contributed by atoms with Gasteiger partial charge in [0, 0.05) is 12.6 Å². The summed E-state index contributed by atoms with van der Waals surface area (Å²) in [7, 11) is 0. The lowest BCUT2D eigenvalue weighted by Gasteiger charge is -2.34. The average Bonchev–Trinajstić information content (AvgIpc) is 2.34. The second-order valence-electron chi connectivity index (χ2n) is 5.14. The molecule has 0 aliphatic carbocycles. The molecule has 0 radical (unpaired) electrons. The molecule has 0 bridgehead atoms. The fraction of sp³-hybridized carbons (Fsp3) is 0.923. The van der Waals surface area contributed by atoms with E-state index in [0.717, 1.165) is 45.5 Å². The van der Waals surface area contributed by atoms with Crippen molar-refractivity contribution in [3.8, 4) is 0 Å². The summed E-state index contributed by atoms with van der Waals surface area (Å²) < 4.78 is 5.42. The zero-order chi connectivity index (χ0) is 13.4. The van der Waals surface area contributed by atoms with Crippen LogP contribution < -0.4 is 11.1 Å². The van der Waals surface area contributed by atoms with E-state index in [4.69, 9.17) is 10.5 Å². The Kier molecular flexibility index (Phi) is 7.23. The van der Waals surface area contributed by atoms with Gasteiger partial charge < -0.3 is 15.8 Å². The van der Waals surface area contributed by atoms with Crippen molar-refractivity contribution in [1.82, 2.24) is 10.2 Å². The smallest absolute Gasteiger partial charge is 0.239 e. The van der Waals surface area contributed by atoms with Crippen molar-refractivity contribution in [2.75, 3.05) is 32.8 Å². The molecule has 1 amide bonds. The van der Waals surface area contributed by atoms with Crippen LogP contribution in [0, 0.1) is 0 Å². The zero-order valence-corrected chi connectivity index (χ0v) is 11.7. The topological polar surface area (TPSA) is 67.6 Å². The number of unbranched alkanes of at least 4 members (excludes halogenated alkanes) is 2. The van der Waals surface area contributed by atoms with E-state index >= 15 is 0 Å². The molecule has 0 aromatic carbocycles. The molecule has 0 spiro atoms. The molecule has 5 nitrogen and oxygen atoms in total. The molecule has 5 heteroatoms. The van der Waals surface area contributed by atoms with Crippen LogP contribution >= 0.6 is 0 Å². The molecular formula is C13H27N3O2. The summed E-state index contributed by atoms with van der Waals surface area (Å²) in [6, 6.07) is 0.0533. The van der Waals surface area contributed by atoms with Crippen LogP contribution in [-0.4, -0.2) is 55.7 Å². The van der Waals surface area contributed by atoms with Gasteiger partial charge in [-0.15, -0.1) is 0 Å². The highest BCUT2D eigenvalue weighted by molar-refractivity contribution is 5.82. The molecule has 1 unspecified atom stereocenters. The maximum Gasteiger partial charge on any atom is 0.239 e. The number of morpholine rings is 1. The van der Waals surface area contributed by atoms with Crippen LogP contribution in [0.2, 0.25) is 0 Å². The number of hydrogen-bond donors (Lipinski definition) is 2. The number of nitrogens with zero attached hydrogens (tertiary/aromatic N) is 1. The summed E-state index contributed by atoms with van der Waals surface area (Å²) in [4.78, 5) is 14.3. The van der Waals surface area contributed by atoms with Crippen LogP contribution in [0.25, 0.3) is 0 Å². The molecule has 1 rings (SSSR count). The van der Waals surface area contributed by atoms with Gasteiger partial charge in [-0.1, -0.05) is 6.42 Å². The fourth-order valence-electron chi connectivity index (χ4n) is 2.16. The van der Waals surface area contributed by atoms with Gasteiger partial charge in [-0.05, 0) is 39.8 Å². The third-order valence-electron chi connectivity index (χ3n) is 3.12. The summed E-state index contributed by atoms with van der Waals surface area (Å²) in [5.74, 6) is 0.0866. The first-order valence-corrected chi connectivity index (χ1v) is 6.97. The van der Waals surface area contributed by atoms with Gasteiger partial charge in [-0.2, -0.15) is 0 Å². The van der Waals surface area contributed by atoms with Crippen molar-refractivity contribution in [3.63, 3.8) is 0 Å². The summed E-state index contributed by atoms with van der Waals surface area (Å²) in [5, 5.41) is 2.96. The van der Waals surface area contributed by atoms with Gasteiger partial charge in [-0.3, -0.25) is 9.69 Å². The van der Waals surface area contributed by atoms with E-state index in [2.05, 4.69) is 10.2 Å². The standard InChI is InChI=1S/C13H27N3O2/c1-11(2)15-13(17)12-10-18-9-8-16(12)7-5-3-4-6-14/h11-12H,3-10,14H2,1-2H3,(H,15,17). The minimum atomic E-state index is -0.126. The molecule has 1 aliphatic heterocycles. The Balaban J connectivity index is 2.38. The first-order chi connectivity index (χ1) is 8.65. The van der Waals surface area contributed by atoms with E-state index in [0.29, 0.717) is 6.61 Å². The van der Waals surface area contributed by atoms with Crippen molar-refractivity contribution in [2.45, 2.75) is 45.2 Å². The monoisotopic (exact) mass is 257 g/mol. The number of rotatable bonds is 7. The summed E-state index contributed by atoms with van der Waals surface area (Å²) in [5.41, 5.74) is 5.48. The third-order valence-corrected chi connectivity index (χ3v) is 3.12. The zero-order valence-electron chi connectivity index (χ0n) is 11.7. The van der Waals surface area contributed by atoms with Gasteiger partial charge in [0.2, 0.25) is 5.91 Å². The normalized spacial score (nSPS) is 21.2. The van der Waals surface area contributed by atoms with Crippen LogP contribution in [0.3, 0.4) is 0 Å². The highest BCUT2D eigenvalue weighted by Crippen LogP contribution is 2.09. The number of nitrogens with one attached hydrogen (secondary N) is 1. The fourth-order valence-corrected chi connectivity index (χ4v) is 2.16. The van der Waals surface area contributed by atoms with Gasteiger partial charge in [0.25, 0.3) is 0 Å². The van der Waals surface area contributed by atoms with E-state index in [1.807, 2.05) is 13.8 Å². The second-order valence-corrected chi connectivity index (χ2v) is 5.14. The molecule has 0 saturated carbocycles. The minimum Gasteiger partial charge on any atom is -0.378 e. The second kappa shape index (κ2) is 8.45.